The number of alkyl halides is 1. The second-order valence-electron chi connectivity index (χ2n) is 6.14. The van der Waals surface area contributed by atoms with E-state index in [0.717, 1.165) is 17.0 Å². The van der Waals surface area contributed by atoms with E-state index in [0.29, 0.717) is 0 Å². The number of hydrogen-bond donors (Lipinski definition) is 1. The average Bonchev–Trinajstić information content (AvgIpc) is 2.71. The molecule has 0 radical (unpaired) electrons. The maximum Gasteiger partial charge on any atom is 0.112 e. The summed E-state index contributed by atoms with van der Waals surface area (Å²) >= 11 is 2.27. The van der Waals surface area contributed by atoms with Crippen LogP contribution < -0.4 is 39.9 Å². The summed E-state index contributed by atoms with van der Waals surface area (Å²) in [4.78, 5) is 0. The normalized spacial score (nSPS) is 12.2. The zero-order chi connectivity index (χ0) is 17.5. The standard InChI is InChI=1S/C22H23IOP.HI/c23-18-19(24)16-17-25(20-10-4-1-5-11-20,21-12-6-2-7-13-21)22-14-8-3-9-15-22;/h1-15,19,24H,16-18H2;1H/q+1;/p-1. The second-order valence-corrected chi connectivity index (χ2v) is 10.6. The van der Waals surface area contributed by atoms with Gasteiger partial charge in [0, 0.05) is 10.8 Å². The molecule has 3 rings (SSSR count). The van der Waals surface area contributed by atoms with Crippen molar-refractivity contribution < 1.29 is 29.1 Å². The van der Waals surface area contributed by atoms with Gasteiger partial charge < -0.3 is 29.1 Å². The molecule has 0 bridgehead atoms. The fourth-order valence-electron chi connectivity index (χ4n) is 3.30. The number of hydrogen-bond acceptors (Lipinski definition) is 1. The van der Waals surface area contributed by atoms with Gasteiger partial charge in [0.15, 0.2) is 0 Å². The fraction of sp³-hybridized carbons (Fsp3) is 0.182. The largest absolute Gasteiger partial charge is 1.00 e. The van der Waals surface area contributed by atoms with E-state index in [1.54, 1.807) is 0 Å². The number of rotatable bonds is 7. The Balaban J connectivity index is 0.00000243. The zero-order valence-electron chi connectivity index (χ0n) is 14.5. The van der Waals surface area contributed by atoms with Gasteiger partial charge in [-0.2, -0.15) is 0 Å². The van der Waals surface area contributed by atoms with E-state index in [1.807, 2.05) is 0 Å². The lowest BCUT2D eigenvalue weighted by atomic mass is 10.3. The molecule has 4 heteroatoms. The lowest BCUT2D eigenvalue weighted by Gasteiger charge is -2.28. The van der Waals surface area contributed by atoms with Crippen LogP contribution in [0, 0.1) is 0 Å². The molecular weight excluding hydrogens is 565 g/mol. The minimum absolute atomic E-state index is 0. The number of halogens is 2. The summed E-state index contributed by atoms with van der Waals surface area (Å²) in [5.41, 5.74) is 0. The molecule has 0 aliphatic carbocycles. The number of aliphatic hydroxyl groups is 1. The third-order valence-electron chi connectivity index (χ3n) is 4.57. The quantitative estimate of drug-likeness (QED) is 0.250. The zero-order valence-corrected chi connectivity index (χ0v) is 19.7. The van der Waals surface area contributed by atoms with Crippen molar-refractivity contribution in [2.75, 3.05) is 10.6 Å². The molecule has 0 aromatic heterocycles. The molecule has 136 valence electrons. The second kappa shape index (κ2) is 10.7. The van der Waals surface area contributed by atoms with Crippen LogP contribution >= 0.6 is 29.9 Å². The maximum atomic E-state index is 10.3. The van der Waals surface area contributed by atoms with Crippen LogP contribution in [0.25, 0.3) is 0 Å². The van der Waals surface area contributed by atoms with Crippen LogP contribution in [0.4, 0.5) is 0 Å². The monoisotopic (exact) mass is 588 g/mol. The van der Waals surface area contributed by atoms with Gasteiger partial charge in [0.1, 0.15) is 23.2 Å². The van der Waals surface area contributed by atoms with Crippen molar-refractivity contribution in [3.63, 3.8) is 0 Å². The van der Waals surface area contributed by atoms with E-state index in [1.165, 1.54) is 15.9 Å². The molecule has 1 nitrogen and oxygen atoms in total. The van der Waals surface area contributed by atoms with E-state index in [9.17, 15) is 5.11 Å². The van der Waals surface area contributed by atoms with E-state index >= 15 is 0 Å². The Labute approximate surface area is 187 Å². The van der Waals surface area contributed by atoms with Crippen LogP contribution in [0.1, 0.15) is 6.42 Å². The molecule has 0 amide bonds. The molecule has 3 aromatic carbocycles. The van der Waals surface area contributed by atoms with Gasteiger partial charge in [-0.1, -0.05) is 77.2 Å². The Morgan fingerprint density at radius 2 is 1.04 bits per heavy atom. The first-order chi connectivity index (χ1) is 12.3. The Hall–Kier alpha value is -0.490. The molecule has 0 aliphatic rings. The van der Waals surface area contributed by atoms with Gasteiger partial charge in [-0.3, -0.25) is 0 Å². The van der Waals surface area contributed by atoms with E-state index in [-0.39, 0.29) is 30.1 Å². The first-order valence-corrected chi connectivity index (χ1v) is 12.1. The van der Waals surface area contributed by atoms with Crippen molar-refractivity contribution in [3.05, 3.63) is 91.0 Å². The predicted molar refractivity (Wildman–Crippen MR) is 120 cm³/mol. The molecule has 0 fully saturated rings. The first kappa shape index (κ1) is 21.8. The third kappa shape index (κ3) is 4.86. The van der Waals surface area contributed by atoms with E-state index < -0.39 is 7.26 Å². The molecule has 1 atom stereocenters. The summed E-state index contributed by atoms with van der Waals surface area (Å²) in [6.45, 7) is 0. The predicted octanol–water partition coefficient (Wildman–Crippen LogP) is 1.17. The van der Waals surface area contributed by atoms with Gasteiger partial charge in [-0.25, -0.2) is 0 Å². The van der Waals surface area contributed by atoms with Gasteiger partial charge >= 0.3 is 0 Å². The topological polar surface area (TPSA) is 20.2 Å². The van der Waals surface area contributed by atoms with Crippen LogP contribution in [-0.2, 0) is 0 Å². The van der Waals surface area contributed by atoms with Crippen molar-refractivity contribution in [2.45, 2.75) is 12.5 Å². The smallest absolute Gasteiger partial charge is 0.112 e. The molecule has 3 aromatic rings. The summed E-state index contributed by atoms with van der Waals surface area (Å²) < 4.78 is 0.774. The lowest BCUT2D eigenvalue weighted by Crippen LogP contribution is -3.00. The molecule has 1 unspecified atom stereocenters. The van der Waals surface area contributed by atoms with Gasteiger partial charge in [-0.15, -0.1) is 0 Å². The van der Waals surface area contributed by atoms with E-state index in [4.69, 9.17) is 0 Å². The Bertz CT molecular complexity index is 669. The maximum absolute atomic E-state index is 10.3. The Morgan fingerprint density at radius 1 is 0.692 bits per heavy atom. The SMILES string of the molecule is OC(CI)CC[P+](c1ccccc1)(c1ccccc1)c1ccccc1.[I-]. The van der Waals surface area contributed by atoms with Gasteiger partial charge in [0.25, 0.3) is 0 Å². The van der Waals surface area contributed by atoms with Gasteiger partial charge in [-0.05, 0) is 36.4 Å². The van der Waals surface area contributed by atoms with E-state index in [2.05, 4.69) is 114 Å². The van der Waals surface area contributed by atoms with Crippen LogP contribution in [-0.4, -0.2) is 21.8 Å². The highest BCUT2D eigenvalue weighted by Crippen LogP contribution is 2.55. The Kier molecular flexibility index (Phi) is 9.01. The molecule has 0 saturated heterocycles. The first-order valence-electron chi connectivity index (χ1n) is 8.56. The van der Waals surface area contributed by atoms with Crippen LogP contribution in [0.3, 0.4) is 0 Å². The van der Waals surface area contributed by atoms with Crippen molar-refractivity contribution >= 4 is 45.8 Å². The number of benzene rings is 3. The molecule has 0 spiro atoms. The molecule has 0 saturated carbocycles. The molecule has 1 N–H and O–H groups in total. The van der Waals surface area contributed by atoms with Crippen molar-refractivity contribution in [2.24, 2.45) is 0 Å². The van der Waals surface area contributed by atoms with Crippen LogP contribution in [0.5, 0.6) is 0 Å². The molecule has 0 aliphatic heterocycles. The van der Waals surface area contributed by atoms with Crippen LogP contribution in [0.2, 0.25) is 0 Å². The summed E-state index contributed by atoms with van der Waals surface area (Å²) in [6, 6.07) is 32.5. The highest BCUT2D eigenvalue weighted by Gasteiger charge is 2.44. The van der Waals surface area contributed by atoms with Crippen molar-refractivity contribution in [3.8, 4) is 0 Å². The van der Waals surface area contributed by atoms with Crippen LogP contribution in [0.15, 0.2) is 91.0 Å². The lowest BCUT2D eigenvalue weighted by molar-refractivity contribution is -0.00000679. The van der Waals surface area contributed by atoms with Crippen molar-refractivity contribution in [1.82, 2.24) is 0 Å². The molecular formula is C22H23I2OP. The number of aliphatic hydroxyl groups excluding tert-OH is 1. The summed E-state index contributed by atoms with van der Waals surface area (Å²) in [6.07, 6.45) is 1.54. The fourth-order valence-corrected chi connectivity index (χ4v) is 8.14. The summed E-state index contributed by atoms with van der Waals surface area (Å²) in [7, 11) is -1.78. The Morgan fingerprint density at radius 3 is 1.35 bits per heavy atom. The average molecular weight is 588 g/mol. The highest BCUT2D eigenvalue weighted by molar-refractivity contribution is 14.1. The summed E-state index contributed by atoms with van der Waals surface area (Å²) in [5.74, 6) is 0. The molecule has 26 heavy (non-hydrogen) atoms. The highest BCUT2D eigenvalue weighted by atomic mass is 127. The summed E-state index contributed by atoms with van der Waals surface area (Å²) in [5, 5.41) is 14.4. The van der Waals surface area contributed by atoms with Crippen molar-refractivity contribution in [1.29, 1.82) is 0 Å². The third-order valence-corrected chi connectivity index (χ3v) is 10.1. The molecule has 0 heterocycles. The minimum atomic E-state index is -1.78. The minimum Gasteiger partial charge on any atom is -1.00 e. The van der Waals surface area contributed by atoms with Gasteiger partial charge in [0.05, 0.1) is 12.3 Å². The van der Waals surface area contributed by atoms with Gasteiger partial charge in [0.2, 0.25) is 0 Å².